The van der Waals surface area contributed by atoms with Gasteiger partial charge in [0.15, 0.2) is 10.3 Å². The van der Waals surface area contributed by atoms with Crippen molar-refractivity contribution in [3.05, 3.63) is 21.9 Å². The fourth-order valence-corrected chi connectivity index (χ4v) is 3.04. The van der Waals surface area contributed by atoms with E-state index in [9.17, 15) is 0 Å². The molecule has 0 bridgehead atoms. The fraction of sp³-hybridized carbons (Fsp3) is 0.636. The summed E-state index contributed by atoms with van der Waals surface area (Å²) >= 11 is 18.3. The summed E-state index contributed by atoms with van der Waals surface area (Å²) in [7, 11) is 0. The molecule has 2 atom stereocenters. The maximum atomic E-state index is 6.40. The summed E-state index contributed by atoms with van der Waals surface area (Å²) < 4.78 is 0. The summed E-state index contributed by atoms with van der Waals surface area (Å²) in [6, 6.07) is 1.79. The molecule has 0 aliphatic heterocycles. The van der Waals surface area contributed by atoms with Crippen LogP contribution in [0.5, 0.6) is 0 Å². The molecule has 1 aromatic rings. The maximum Gasteiger partial charge on any atom is 0.155 e. The summed E-state index contributed by atoms with van der Waals surface area (Å²) in [6.45, 7) is 0. The third kappa shape index (κ3) is 2.79. The second-order valence-corrected chi connectivity index (χ2v) is 5.48. The highest BCUT2D eigenvalue weighted by Crippen LogP contribution is 2.38. The highest BCUT2D eigenvalue weighted by Gasteiger charge is 2.26. The van der Waals surface area contributed by atoms with E-state index in [-0.39, 0.29) is 11.3 Å². The van der Waals surface area contributed by atoms with Gasteiger partial charge in [-0.2, -0.15) is 0 Å². The van der Waals surface area contributed by atoms with E-state index >= 15 is 0 Å². The Balaban J connectivity index is 2.29. The Kier molecular flexibility index (Phi) is 4.28. The highest BCUT2D eigenvalue weighted by molar-refractivity contribution is 6.32. The van der Waals surface area contributed by atoms with Gasteiger partial charge in [0.25, 0.3) is 0 Å². The van der Waals surface area contributed by atoms with Crippen LogP contribution in [0.3, 0.4) is 0 Å². The van der Waals surface area contributed by atoms with E-state index in [4.69, 9.17) is 34.8 Å². The quantitative estimate of drug-likeness (QED) is 0.561. The van der Waals surface area contributed by atoms with Crippen LogP contribution in [0.4, 0.5) is 0 Å². The van der Waals surface area contributed by atoms with E-state index in [1.165, 1.54) is 19.3 Å². The topological polar surface area (TPSA) is 25.8 Å². The van der Waals surface area contributed by atoms with E-state index in [1.54, 1.807) is 6.07 Å². The first kappa shape index (κ1) is 12.4. The zero-order chi connectivity index (χ0) is 11.5. The number of alkyl halides is 1. The molecule has 2 rings (SSSR count). The lowest BCUT2D eigenvalue weighted by Gasteiger charge is -2.20. The molecule has 88 valence electrons. The first-order chi connectivity index (χ1) is 7.68. The minimum atomic E-state index is 0.125. The Morgan fingerprint density at radius 1 is 1.06 bits per heavy atom. The summed E-state index contributed by atoms with van der Waals surface area (Å²) in [5.74, 6) is 0.254. The zero-order valence-electron chi connectivity index (χ0n) is 8.80. The zero-order valence-corrected chi connectivity index (χ0v) is 11.1. The van der Waals surface area contributed by atoms with Gasteiger partial charge in [0.1, 0.15) is 0 Å². The predicted molar refractivity (Wildman–Crippen MR) is 67.5 cm³/mol. The van der Waals surface area contributed by atoms with E-state index in [2.05, 4.69) is 10.2 Å². The molecule has 1 aromatic heterocycles. The van der Waals surface area contributed by atoms with Crippen molar-refractivity contribution >= 4 is 34.8 Å². The van der Waals surface area contributed by atoms with Gasteiger partial charge in [0.2, 0.25) is 0 Å². The molecule has 1 saturated carbocycles. The molecule has 0 N–H and O–H groups in total. The lowest BCUT2D eigenvalue weighted by atomic mass is 9.93. The molecule has 16 heavy (non-hydrogen) atoms. The van der Waals surface area contributed by atoms with Gasteiger partial charge in [-0.25, -0.2) is 0 Å². The number of aromatic nitrogens is 2. The molecule has 0 radical (unpaired) electrons. The Morgan fingerprint density at radius 3 is 2.62 bits per heavy atom. The molecule has 0 aromatic carbocycles. The van der Waals surface area contributed by atoms with Crippen LogP contribution in [0.15, 0.2) is 6.07 Å². The van der Waals surface area contributed by atoms with Gasteiger partial charge in [-0.05, 0) is 24.5 Å². The van der Waals surface area contributed by atoms with Gasteiger partial charge in [0, 0.05) is 11.3 Å². The van der Waals surface area contributed by atoms with Crippen LogP contribution in [0.2, 0.25) is 10.3 Å². The molecule has 1 aliphatic carbocycles. The molecule has 2 unspecified atom stereocenters. The highest BCUT2D eigenvalue weighted by atomic mass is 35.5. The largest absolute Gasteiger partial charge is 0.155 e. The molecular weight excluding hydrogens is 266 g/mol. The summed E-state index contributed by atoms with van der Waals surface area (Å²) in [5, 5.41) is 8.51. The van der Waals surface area contributed by atoms with Gasteiger partial charge < -0.3 is 0 Å². The average molecular weight is 280 g/mol. The van der Waals surface area contributed by atoms with E-state index < -0.39 is 0 Å². The van der Waals surface area contributed by atoms with Crippen molar-refractivity contribution in [3.63, 3.8) is 0 Å². The first-order valence-electron chi connectivity index (χ1n) is 5.51. The van der Waals surface area contributed by atoms with E-state index in [0.717, 1.165) is 18.4 Å². The van der Waals surface area contributed by atoms with Crippen molar-refractivity contribution in [2.75, 3.05) is 0 Å². The maximum absolute atomic E-state index is 6.40. The number of hydrogen-bond acceptors (Lipinski definition) is 2. The number of rotatable bonds is 1. The minimum absolute atomic E-state index is 0.125. The minimum Gasteiger partial charge on any atom is -0.137 e. The molecule has 0 spiro atoms. The molecule has 5 heteroatoms. The predicted octanol–water partition coefficient (Wildman–Crippen LogP) is 4.44. The molecule has 0 saturated heterocycles. The molecule has 1 aliphatic rings. The number of halogens is 3. The monoisotopic (exact) mass is 278 g/mol. The van der Waals surface area contributed by atoms with Gasteiger partial charge in [-0.15, -0.1) is 21.8 Å². The molecule has 2 nitrogen and oxygen atoms in total. The van der Waals surface area contributed by atoms with Crippen LogP contribution in [-0.4, -0.2) is 15.6 Å². The first-order valence-corrected chi connectivity index (χ1v) is 6.70. The third-order valence-corrected chi connectivity index (χ3v) is 4.08. The Morgan fingerprint density at radius 2 is 1.81 bits per heavy atom. The SMILES string of the molecule is Clc1cc(C2CCCCCC2Cl)c(Cl)nn1. The van der Waals surface area contributed by atoms with Crippen LogP contribution in [-0.2, 0) is 0 Å². The van der Waals surface area contributed by atoms with Gasteiger partial charge in [-0.3, -0.25) is 0 Å². The van der Waals surface area contributed by atoms with Crippen molar-refractivity contribution < 1.29 is 0 Å². The van der Waals surface area contributed by atoms with Crippen molar-refractivity contribution in [1.82, 2.24) is 10.2 Å². The third-order valence-electron chi connectivity index (χ3n) is 3.08. The van der Waals surface area contributed by atoms with Crippen molar-refractivity contribution in [1.29, 1.82) is 0 Å². The van der Waals surface area contributed by atoms with Gasteiger partial charge in [0.05, 0.1) is 0 Å². The van der Waals surface area contributed by atoms with Crippen molar-refractivity contribution in [3.8, 4) is 0 Å². The number of hydrogen-bond donors (Lipinski definition) is 0. The fourth-order valence-electron chi connectivity index (χ4n) is 2.24. The van der Waals surface area contributed by atoms with Gasteiger partial charge in [-0.1, -0.05) is 42.5 Å². The second kappa shape index (κ2) is 5.52. The van der Waals surface area contributed by atoms with Crippen LogP contribution in [0, 0.1) is 0 Å². The van der Waals surface area contributed by atoms with Crippen molar-refractivity contribution in [2.24, 2.45) is 0 Å². The lowest BCUT2D eigenvalue weighted by Crippen LogP contribution is -2.12. The van der Waals surface area contributed by atoms with Gasteiger partial charge >= 0.3 is 0 Å². The summed E-state index contributed by atoms with van der Waals surface area (Å²) in [6.07, 6.45) is 5.70. The number of nitrogens with zero attached hydrogens (tertiary/aromatic N) is 2. The van der Waals surface area contributed by atoms with Crippen LogP contribution >= 0.6 is 34.8 Å². The Labute approximate surface area is 110 Å². The van der Waals surface area contributed by atoms with E-state index in [1.807, 2.05) is 0 Å². The molecular formula is C11H13Cl3N2. The molecule has 0 amide bonds. The smallest absolute Gasteiger partial charge is 0.137 e. The van der Waals surface area contributed by atoms with Crippen molar-refractivity contribution in [2.45, 2.75) is 43.4 Å². The van der Waals surface area contributed by atoms with Crippen LogP contribution in [0.1, 0.15) is 43.6 Å². The molecule has 1 heterocycles. The second-order valence-electron chi connectivity index (χ2n) is 4.17. The Bertz CT molecular complexity index is 370. The van der Waals surface area contributed by atoms with E-state index in [0.29, 0.717) is 10.3 Å². The summed E-state index contributed by atoms with van der Waals surface area (Å²) in [4.78, 5) is 0. The average Bonchev–Trinajstić information content (AvgIpc) is 2.47. The Hall–Kier alpha value is -0.0500. The van der Waals surface area contributed by atoms with Crippen LogP contribution < -0.4 is 0 Å². The normalized spacial score (nSPS) is 26.4. The standard InChI is InChI=1S/C11H13Cl3N2/c12-9-5-3-1-2-4-7(9)8-6-10(13)15-16-11(8)14/h6-7,9H,1-5H2. The molecule has 1 fully saturated rings. The van der Waals surface area contributed by atoms with Crippen LogP contribution in [0.25, 0.3) is 0 Å². The summed E-state index contributed by atoms with van der Waals surface area (Å²) in [5.41, 5.74) is 0.948. The lowest BCUT2D eigenvalue weighted by molar-refractivity contribution is 0.596.